The third-order valence-electron chi connectivity index (χ3n) is 3.81. The van der Waals surface area contributed by atoms with Crippen LogP contribution in [0.1, 0.15) is 6.92 Å². The molecule has 0 bridgehead atoms. The largest absolute Gasteiger partial charge is 0.336 e. The van der Waals surface area contributed by atoms with E-state index in [2.05, 4.69) is 0 Å². The molecule has 0 unspecified atom stereocenters. The van der Waals surface area contributed by atoms with E-state index in [0.717, 1.165) is 10.6 Å². The van der Waals surface area contributed by atoms with Gasteiger partial charge in [0, 0.05) is 17.3 Å². The van der Waals surface area contributed by atoms with Crippen LogP contribution in [0, 0.1) is 0 Å². The Kier molecular flexibility index (Phi) is 5.04. The second-order valence-electron chi connectivity index (χ2n) is 5.28. The van der Waals surface area contributed by atoms with E-state index in [9.17, 15) is 9.59 Å². The predicted molar refractivity (Wildman–Crippen MR) is 101 cm³/mol. The number of benzene rings is 2. The number of carbonyl (C=O) groups excluding carboxylic acids is 2. The van der Waals surface area contributed by atoms with Crippen molar-refractivity contribution in [2.45, 2.75) is 6.92 Å². The molecule has 0 aliphatic carbocycles. The SMILES string of the molecule is CCN(C1=C(Cl)C(=O)N(c2cc(Cl)ccc2Cl)C1=O)c1ccccc1. The van der Waals surface area contributed by atoms with E-state index in [0.29, 0.717) is 11.6 Å². The van der Waals surface area contributed by atoms with Crippen LogP contribution in [-0.4, -0.2) is 18.4 Å². The predicted octanol–water partition coefficient (Wildman–Crippen LogP) is 4.84. The first-order chi connectivity index (χ1) is 12.0. The Hall–Kier alpha value is -2.01. The summed E-state index contributed by atoms with van der Waals surface area (Å²) in [7, 11) is 0. The molecule has 0 N–H and O–H groups in total. The Balaban J connectivity index is 2.06. The van der Waals surface area contributed by atoms with Crippen LogP contribution < -0.4 is 9.80 Å². The normalized spacial score (nSPS) is 14.5. The Morgan fingerprint density at radius 3 is 2.28 bits per heavy atom. The van der Waals surface area contributed by atoms with Crippen molar-refractivity contribution in [3.63, 3.8) is 0 Å². The molecule has 2 amide bonds. The molecule has 128 valence electrons. The first-order valence-corrected chi connectivity index (χ1v) is 8.65. The fraction of sp³-hybridized carbons (Fsp3) is 0.111. The molecule has 1 heterocycles. The Bertz CT molecular complexity index is 881. The van der Waals surface area contributed by atoms with Gasteiger partial charge in [0.2, 0.25) is 0 Å². The lowest BCUT2D eigenvalue weighted by atomic mass is 10.2. The van der Waals surface area contributed by atoms with Gasteiger partial charge in [-0.05, 0) is 37.3 Å². The molecule has 1 aliphatic rings. The van der Waals surface area contributed by atoms with Crippen molar-refractivity contribution in [1.82, 2.24) is 0 Å². The molecule has 3 rings (SSSR count). The van der Waals surface area contributed by atoms with E-state index in [-0.39, 0.29) is 21.4 Å². The minimum atomic E-state index is -0.625. The zero-order valence-corrected chi connectivity index (χ0v) is 15.4. The zero-order valence-electron chi connectivity index (χ0n) is 13.2. The van der Waals surface area contributed by atoms with Crippen LogP contribution >= 0.6 is 34.8 Å². The van der Waals surface area contributed by atoms with Gasteiger partial charge in [0.1, 0.15) is 10.7 Å². The van der Waals surface area contributed by atoms with Gasteiger partial charge in [-0.3, -0.25) is 9.59 Å². The molecule has 0 aromatic heterocycles. The number of para-hydroxylation sites is 1. The first kappa shape index (κ1) is 17.8. The van der Waals surface area contributed by atoms with Gasteiger partial charge in [0.25, 0.3) is 11.8 Å². The summed E-state index contributed by atoms with van der Waals surface area (Å²) in [4.78, 5) is 28.3. The van der Waals surface area contributed by atoms with Gasteiger partial charge < -0.3 is 4.90 Å². The van der Waals surface area contributed by atoms with Crippen molar-refractivity contribution in [2.24, 2.45) is 0 Å². The molecule has 25 heavy (non-hydrogen) atoms. The number of nitrogens with zero attached hydrogens (tertiary/aromatic N) is 2. The smallest absolute Gasteiger partial charge is 0.283 e. The minimum Gasteiger partial charge on any atom is -0.336 e. The van der Waals surface area contributed by atoms with Crippen molar-refractivity contribution in [3.8, 4) is 0 Å². The minimum absolute atomic E-state index is 0.122. The number of halogens is 3. The Morgan fingerprint density at radius 2 is 1.64 bits per heavy atom. The van der Waals surface area contributed by atoms with Crippen LogP contribution in [0.2, 0.25) is 10.0 Å². The van der Waals surface area contributed by atoms with E-state index in [1.54, 1.807) is 11.0 Å². The van der Waals surface area contributed by atoms with Gasteiger partial charge in [-0.25, -0.2) is 4.90 Å². The fourth-order valence-corrected chi connectivity index (χ4v) is 3.31. The number of amides is 2. The highest BCUT2D eigenvalue weighted by molar-refractivity contribution is 6.54. The molecule has 4 nitrogen and oxygen atoms in total. The second kappa shape index (κ2) is 7.08. The van der Waals surface area contributed by atoms with E-state index in [1.807, 2.05) is 37.3 Å². The van der Waals surface area contributed by atoms with Crippen LogP contribution in [0.3, 0.4) is 0 Å². The molecule has 1 aliphatic heterocycles. The van der Waals surface area contributed by atoms with Crippen molar-refractivity contribution in [1.29, 1.82) is 0 Å². The fourth-order valence-electron chi connectivity index (χ4n) is 2.68. The Labute approximate surface area is 160 Å². The van der Waals surface area contributed by atoms with E-state index in [1.165, 1.54) is 12.1 Å². The van der Waals surface area contributed by atoms with Crippen LogP contribution in [0.5, 0.6) is 0 Å². The summed E-state index contributed by atoms with van der Waals surface area (Å²) in [6.07, 6.45) is 0. The number of anilines is 2. The molecule has 0 atom stereocenters. The summed E-state index contributed by atoms with van der Waals surface area (Å²) < 4.78 is 0. The highest BCUT2D eigenvalue weighted by Crippen LogP contribution is 2.37. The lowest BCUT2D eigenvalue weighted by Gasteiger charge is -2.24. The van der Waals surface area contributed by atoms with Crippen LogP contribution in [-0.2, 0) is 9.59 Å². The van der Waals surface area contributed by atoms with Gasteiger partial charge >= 0.3 is 0 Å². The summed E-state index contributed by atoms with van der Waals surface area (Å²) in [5.41, 5.74) is 1.09. The Morgan fingerprint density at radius 1 is 0.960 bits per heavy atom. The molecule has 0 fully saturated rings. The number of rotatable bonds is 4. The van der Waals surface area contributed by atoms with Gasteiger partial charge in [0.15, 0.2) is 0 Å². The maximum Gasteiger partial charge on any atom is 0.283 e. The number of hydrogen-bond donors (Lipinski definition) is 0. The van der Waals surface area contributed by atoms with Crippen molar-refractivity contribution in [2.75, 3.05) is 16.3 Å². The topological polar surface area (TPSA) is 40.6 Å². The lowest BCUT2D eigenvalue weighted by Crippen LogP contribution is -2.35. The summed E-state index contributed by atoms with van der Waals surface area (Å²) in [5.74, 6) is -1.16. The van der Waals surface area contributed by atoms with Gasteiger partial charge in [-0.15, -0.1) is 0 Å². The van der Waals surface area contributed by atoms with E-state index >= 15 is 0 Å². The molecular weight excluding hydrogens is 383 g/mol. The van der Waals surface area contributed by atoms with Gasteiger partial charge in [-0.1, -0.05) is 53.0 Å². The van der Waals surface area contributed by atoms with Gasteiger partial charge in [-0.2, -0.15) is 0 Å². The van der Waals surface area contributed by atoms with Crippen molar-refractivity contribution < 1.29 is 9.59 Å². The van der Waals surface area contributed by atoms with Crippen LogP contribution in [0.4, 0.5) is 11.4 Å². The summed E-state index contributed by atoms with van der Waals surface area (Å²) in [5, 5.41) is 0.450. The van der Waals surface area contributed by atoms with Crippen LogP contribution in [0.15, 0.2) is 59.3 Å². The number of hydrogen-bond acceptors (Lipinski definition) is 3. The highest BCUT2D eigenvalue weighted by atomic mass is 35.5. The molecule has 7 heteroatoms. The second-order valence-corrected chi connectivity index (χ2v) is 6.51. The molecular formula is C18H13Cl3N2O2. The third-order valence-corrected chi connectivity index (χ3v) is 4.70. The molecule has 0 saturated carbocycles. The summed E-state index contributed by atoms with van der Waals surface area (Å²) in [6, 6.07) is 13.8. The molecule has 0 spiro atoms. The molecule has 2 aromatic rings. The standard InChI is InChI=1S/C18H13Cl3N2O2/c1-2-22(12-6-4-3-5-7-12)16-15(21)17(24)23(18(16)25)14-10-11(19)8-9-13(14)20/h3-10H,2H2,1H3. The van der Waals surface area contributed by atoms with Crippen LogP contribution in [0.25, 0.3) is 0 Å². The number of imide groups is 1. The first-order valence-electron chi connectivity index (χ1n) is 7.52. The maximum atomic E-state index is 13.0. The monoisotopic (exact) mass is 394 g/mol. The van der Waals surface area contributed by atoms with E-state index in [4.69, 9.17) is 34.8 Å². The average molecular weight is 396 g/mol. The molecule has 2 aromatic carbocycles. The maximum absolute atomic E-state index is 13.0. The third kappa shape index (κ3) is 3.13. The van der Waals surface area contributed by atoms with E-state index < -0.39 is 11.8 Å². The molecule has 0 saturated heterocycles. The lowest BCUT2D eigenvalue weighted by molar-refractivity contribution is -0.120. The number of likely N-dealkylation sites (N-methyl/N-ethyl adjacent to an activating group) is 1. The van der Waals surface area contributed by atoms with Crippen molar-refractivity contribution in [3.05, 3.63) is 69.3 Å². The quantitative estimate of drug-likeness (QED) is 0.695. The highest BCUT2D eigenvalue weighted by Gasteiger charge is 2.42. The number of carbonyl (C=O) groups is 2. The average Bonchev–Trinajstić information content (AvgIpc) is 2.83. The zero-order chi connectivity index (χ0) is 18.1. The van der Waals surface area contributed by atoms with Crippen molar-refractivity contribution >= 4 is 58.0 Å². The summed E-state index contributed by atoms with van der Waals surface area (Å²) in [6.45, 7) is 2.34. The molecule has 0 radical (unpaired) electrons. The van der Waals surface area contributed by atoms with Gasteiger partial charge in [0.05, 0.1) is 10.7 Å². The summed E-state index contributed by atoms with van der Waals surface area (Å²) >= 11 is 18.4.